The number of hydrogen-bond acceptors (Lipinski definition) is 7. The maximum atomic E-state index is 15.2. The number of amides is 2. The average molecular weight is 643 g/mol. The minimum Gasteiger partial charge on any atom is -0.493 e. The van der Waals surface area contributed by atoms with Crippen LogP contribution in [0.25, 0.3) is 10.9 Å². The van der Waals surface area contributed by atoms with Crippen molar-refractivity contribution in [1.29, 1.82) is 0 Å². The molecule has 7 rings (SSSR count). The van der Waals surface area contributed by atoms with Crippen molar-refractivity contribution in [2.24, 2.45) is 5.41 Å². The van der Waals surface area contributed by atoms with Gasteiger partial charge in [0.2, 0.25) is 11.8 Å². The number of pyridine rings is 1. The van der Waals surface area contributed by atoms with Crippen LogP contribution in [0.3, 0.4) is 0 Å². The average Bonchev–Trinajstić information content (AvgIpc) is 3.99. The molecular formula is C36H36F2N4O5. The summed E-state index contributed by atoms with van der Waals surface area (Å²) in [6.07, 6.45) is 9.40. The first-order valence-corrected chi connectivity index (χ1v) is 16.0. The summed E-state index contributed by atoms with van der Waals surface area (Å²) in [7, 11) is 1.58. The van der Waals surface area contributed by atoms with E-state index >= 15 is 4.39 Å². The number of carbonyl (C=O) groups excluding carboxylic acids is 2. The van der Waals surface area contributed by atoms with E-state index in [0.29, 0.717) is 59.3 Å². The second kappa shape index (κ2) is 12.4. The smallest absolute Gasteiger partial charge is 0.240 e. The number of carbonyl (C=O) groups is 2. The molecule has 0 saturated heterocycles. The van der Waals surface area contributed by atoms with Crippen molar-refractivity contribution in [3.8, 4) is 23.0 Å². The molecule has 3 aromatic carbocycles. The normalized spacial score (nSPS) is 17.6. The first-order chi connectivity index (χ1) is 22.8. The molecule has 0 atom stereocenters. The minimum atomic E-state index is -1.32. The Morgan fingerprint density at radius 2 is 1.62 bits per heavy atom. The Morgan fingerprint density at radius 1 is 0.872 bits per heavy atom. The molecule has 2 amide bonds. The maximum Gasteiger partial charge on any atom is 0.240 e. The highest BCUT2D eigenvalue weighted by Crippen LogP contribution is 2.48. The van der Waals surface area contributed by atoms with Crippen molar-refractivity contribution in [3.63, 3.8) is 0 Å². The Kier molecular flexibility index (Phi) is 8.17. The second-order valence-corrected chi connectivity index (χ2v) is 12.8. The molecule has 0 aliphatic heterocycles. The first-order valence-electron chi connectivity index (χ1n) is 16.0. The number of nitrogens with one attached hydrogen (secondary N) is 3. The van der Waals surface area contributed by atoms with Gasteiger partial charge in [0.15, 0.2) is 11.5 Å². The fourth-order valence-corrected chi connectivity index (χ4v) is 6.19. The number of nitrogens with zero attached hydrogens (tertiary/aromatic N) is 1. The van der Waals surface area contributed by atoms with Crippen molar-refractivity contribution in [2.45, 2.75) is 62.9 Å². The second-order valence-electron chi connectivity index (χ2n) is 12.8. The highest BCUT2D eigenvalue weighted by atomic mass is 19.1. The van der Waals surface area contributed by atoms with Crippen LogP contribution < -0.4 is 30.2 Å². The van der Waals surface area contributed by atoms with Crippen molar-refractivity contribution in [1.82, 2.24) is 10.3 Å². The monoisotopic (exact) mass is 642 g/mol. The van der Waals surface area contributed by atoms with Crippen molar-refractivity contribution in [2.75, 3.05) is 24.4 Å². The lowest BCUT2D eigenvalue weighted by Gasteiger charge is -2.23. The topological polar surface area (TPSA) is 111 Å². The van der Waals surface area contributed by atoms with E-state index < -0.39 is 28.9 Å². The molecule has 1 heterocycles. The van der Waals surface area contributed by atoms with Crippen LogP contribution in [0.15, 0.2) is 66.9 Å². The Hall–Kier alpha value is -4.77. The zero-order chi connectivity index (χ0) is 32.6. The number of anilines is 2. The standard InChI is InChI=1S/C36H36F2N4O5/c1-45-31-19-26-29(20-32(31)46-21-35(13-14-35)42-24-4-2-3-5-24)39-17-12-30(26)47-25-10-11-28(27(38)18-25)41-34(44)36(15-16-36)33(43)40-23-8-6-22(37)7-9-23/h6-12,17-20,24,42H,2-5,13-16,21H2,1H3,(H,40,43)(H,41,44). The zero-order valence-corrected chi connectivity index (χ0v) is 26.0. The van der Waals surface area contributed by atoms with Crippen LogP contribution >= 0.6 is 0 Å². The lowest BCUT2D eigenvalue weighted by atomic mass is 10.0. The molecule has 244 valence electrons. The van der Waals surface area contributed by atoms with E-state index in [4.69, 9.17) is 14.2 Å². The molecule has 9 nitrogen and oxygen atoms in total. The number of rotatable bonds is 12. The molecule has 1 aromatic heterocycles. The zero-order valence-electron chi connectivity index (χ0n) is 26.0. The Bertz CT molecular complexity index is 1820. The lowest BCUT2D eigenvalue weighted by Crippen LogP contribution is -2.42. The molecule has 3 saturated carbocycles. The number of aromatic nitrogens is 1. The highest BCUT2D eigenvalue weighted by Gasteiger charge is 2.56. The molecule has 3 aliphatic carbocycles. The summed E-state index contributed by atoms with van der Waals surface area (Å²) in [5, 5.41) is 9.65. The summed E-state index contributed by atoms with van der Waals surface area (Å²) in [5.74, 6) is -0.533. The fraction of sp³-hybridized carbons (Fsp3) is 0.361. The predicted molar refractivity (Wildman–Crippen MR) is 173 cm³/mol. The van der Waals surface area contributed by atoms with E-state index in [1.54, 1.807) is 25.4 Å². The molecule has 0 spiro atoms. The third-order valence-electron chi connectivity index (χ3n) is 9.35. The van der Waals surface area contributed by atoms with Gasteiger partial charge in [-0.1, -0.05) is 12.8 Å². The number of hydrogen-bond donors (Lipinski definition) is 3. The third-order valence-corrected chi connectivity index (χ3v) is 9.35. The maximum absolute atomic E-state index is 15.2. The lowest BCUT2D eigenvalue weighted by molar-refractivity contribution is -0.131. The van der Waals surface area contributed by atoms with Gasteiger partial charge in [0.25, 0.3) is 0 Å². The SMILES string of the molecule is COc1cc2c(Oc3ccc(NC(=O)C4(C(=O)Nc5ccc(F)cc5)CC4)c(F)c3)ccnc2cc1OCC1(NC2CCCC2)CC1. The van der Waals surface area contributed by atoms with Gasteiger partial charge >= 0.3 is 0 Å². The van der Waals surface area contributed by atoms with E-state index in [0.717, 1.165) is 12.8 Å². The third kappa shape index (κ3) is 6.58. The van der Waals surface area contributed by atoms with Gasteiger partial charge in [0.1, 0.15) is 35.2 Å². The van der Waals surface area contributed by atoms with Gasteiger partial charge in [-0.25, -0.2) is 8.78 Å². The van der Waals surface area contributed by atoms with E-state index in [-0.39, 0.29) is 17.0 Å². The highest BCUT2D eigenvalue weighted by molar-refractivity contribution is 6.17. The van der Waals surface area contributed by atoms with Gasteiger partial charge in [-0.2, -0.15) is 0 Å². The Balaban J connectivity index is 1.02. The Labute approximate surface area is 271 Å². The number of halogens is 2. The van der Waals surface area contributed by atoms with E-state index in [1.165, 1.54) is 68.1 Å². The van der Waals surface area contributed by atoms with Gasteiger partial charge in [-0.15, -0.1) is 0 Å². The molecule has 11 heteroatoms. The summed E-state index contributed by atoms with van der Waals surface area (Å²) in [4.78, 5) is 30.4. The van der Waals surface area contributed by atoms with Crippen molar-refractivity contribution < 1.29 is 32.6 Å². The van der Waals surface area contributed by atoms with Crippen LogP contribution in [0.2, 0.25) is 0 Å². The molecule has 4 aromatic rings. The molecule has 0 unspecified atom stereocenters. The van der Waals surface area contributed by atoms with Crippen LogP contribution in [0.1, 0.15) is 51.4 Å². The van der Waals surface area contributed by atoms with Crippen LogP contribution in [0, 0.1) is 17.0 Å². The summed E-state index contributed by atoms with van der Waals surface area (Å²) < 4.78 is 46.5. The van der Waals surface area contributed by atoms with Gasteiger partial charge in [-0.3, -0.25) is 14.6 Å². The molecule has 0 radical (unpaired) electrons. The van der Waals surface area contributed by atoms with Gasteiger partial charge in [0.05, 0.1) is 23.9 Å². The predicted octanol–water partition coefficient (Wildman–Crippen LogP) is 7.11. The number of fused-ring (bicyclic) bond motifs is 1. The van der Waals surface area contributed by atoms with Crippen molar-refractivity contribution >= 4 is 34.1 Å². The molecule has 3 fully saturated rings. The van der Waals surface area contributed by atoms with E-state index in [2.05, 4.69) is 20.9 Å². The molecule has 3 aliphatic rings. The summed E-state index contributed by atoms with van der Waals surface area (Å²) in [5.41, 5.74) is -0.392. The summed E-state index contributed by atoms with van der Waals surface area (Å²) in [6, 6.07) is 15.2. The van der Waals surface area contributed by atoms with Crippen LogP contribution in [0.5, 0.6) is 23.0 Å². The quantitative estimate of drug-likeness (QED) is 0.141. The Morgan fingerprint density at radius 3 is 2.30 bits per heavy atom. The van der Waals surface area contributed by atoms with E-state index in [9.17, 15) is 14.0 Å². The summed E-state index contributed by atoms with van der Waals surface area (Å²) in [6.45, 7) is 0.545. The number of methoxy groups -OCH3 is 1. The van der Waals surface area contributed by atoms with Crippen LogP contribution in [0.4, 0.5) is 20.2 Å². The van der Waals surface area contributed by atoms with E-state index in [1.807, 2.05) is 6.07 Å². The number of benzene rings is 3. The molecule has 3 N–H and O–H groups in total. The van der Waals surface area contributed by atoms with Crippen molar-refractivity contribution in [3.05, 3.63) is 78.5 Å². The van der Waals surface area contributed by atoms with Crippen LogP contribution in [-0.2, 0) is 9.59 Å². The molecule has 47 heavy (non-hydrogen) atoms. The number of ether oxygens (including phenoxy) is 3. The molecule has 0 bridgehead atoms. The first kappa shape index (κ1) is 30.9. The van der Waals surface area contributed by atoms with Gasteiger partial charge in [0, 0.05) is 35.4 Å². The van der Waals surface area contributed by atoms with Gasteiger partial charge in [-0.05, 0) is 87.1 Å². The van der Waals surface area contributed by atoms with Gasteiger partial charge < -0.3 is 30.2 Å². The van der Waals surface area contributed by atoms with Crippen LogP contribution in [-0.4, -0.2) is 42.1 Å². The molecular weight excluding hydrogens is 606 g/mol. The summed E-state index contributed by atoms with van der Waals surface area (Å²) >= 11 is 0. The largest absolute Gasteiger partial charge is 0.493 e. The fourth-order valence-electron chi connectivity index (χ4n) is 6.19. The minimum absolute atomic E-state index is 0.0126.